The molecule has 0 aliphatic rings. The van der Waals surface area contributed by atoms with Crippen LogP contribution < -0.4 is 9.47 Å². The number of carbonyl (C=O) groups excluding carboxylic acids is 1. The Bertz CT molecular complexity index is 584. The SMILES string of the molecule is O=C(Oc1ccccc1I)c1ccc(OCCF)cc1. The normalized spacial score (nSPS) is 10.1. The molecule has 0 aromatic heterocycles. The van der Waals surface area contributed by atoms with Crippen LogP contribution in [0.25, 0.3) is 0 Å². The third kappa shape index (κ3) is 3.93. The second-order valence-electron chi connectivity index (χ2n) is 3.88. The first-order valence-electron chi connectivity index (χ1n) is 5.96. The van der Waals surface area contributed by atoms with E-state index in [2.05, 4.69) is 22.6 Å². The van der Waals surface area contributed by atoms with E-state index in [0.717, 1.165) is 3.57 Å². The second-order valence-corrected chi connectivity index (χ2v) is 5.04. The van der Waals surface area contributed by atoms with E-state index in [1.807, 2.05) is 12.1 Å². The van der Waals surface area contributed by atoms with Gasteiger partial charge >= 0.3 is 5.97 Å². The summed E-state index contributed by atoms with van der Waals surface area (Å²) in [5, 5.41) is 0. The average molecular weight is 386 g/mol. The summed E-state index contributed by atoms with van der Waals surface area (Å²) in [6.45, 7) is -0.539. The predicted octanol–water partition coefficient (Wildman–Crippen LogP) is 3.86. The monoisotopic (exact) mass is 386 g/mol. The minimum atomic E-state index is -0.545. The van der Waals surface area contributed by atoms with Crippen LogP contribution in [0.15, 0.2) is 48.5 Å². The molecule has 2 aromatic rings. The molecule has 0 spiro atoms. The van der Waals surface area contributed by atoms with Crippen LogP contribution in [0, 0.1) is 3.57 Å². The van der Waals surface area contributed by atoms with Crippen molar-refractivity contribution in [1.29, 1.82) is 0 Å². The van der Waals surface area contributed by atoms with Gasteiger partial charge in [0, 0.05) is 0 Å². The molecule has 5 heteroatoms. The van der Waals surface area contributed by atoms with Gasteiger partial charge in [-0.2, -0.15) is 0 Å². The lowest BCUT2D eigenvalue weighted by Gasteiger charge is -2.07. The number of hydrogen-bond acceptors (Lipinski definition) is 3. The molecule has 0 fully saturated rings. The largest absolute Gasteiger partial charge is 0.491 e. The molecule has 0 saturated heterocycles. The van der Waals surface area contributed by atoms with Crippen molar-refractivity contribution >= 4 is 28.6 Å². The van der Waals surface area contributed by atoms with E-state index in [0.29, 0.717) is 17.1 Å². The van der Waals surface area contributed by atoms with Crippen molar-refractivity contribution in [1.82, 2.24) is 0 Å². The summed E-state index contributed by atoms with van der Waals surface area (Å²) >= 11 is 2.10. The highest BCUT2D eigenvalue weighted by Gasteiger charge is 2.10. The summed E-state index contributed by atoms with van der Waals surface area (Å²) < 4.78 is 23.2. The van der Waals surface area contributed by atoms with Crippen LogP contribution in [0.1, 0.15) is 10.4 Å². The number of halogens is 2. The third-order valence-corrected chi connectivity index (χ3v) is 3.37. The fourth-order valence-corrected chi connectivity index (χ4v) is 2.03. The molecule has 0 atom stereocenters. The van der Waals surface area contributed by atoms with Gasteiger partial charge in [-0.15, -0.1) is 0 Å². The highest BCUT2D eigenvalue weighted by atomic mass is 127. The molecule has 0 heterocycles. The van der Waals surface area contributed by atoms with Crippen LogP contribution in [-0.2, 0) is 0 Å². The van der Waals surface area contributed by atoms with Gasteiger partial charge in [-0.1, -0.05) is 12.1 Å². The average Bonchev–Trinajstić information content (AvgIpc) is 2.48. The van der Waals surface area contributed by atoms with Gasteiger partial charge in [-0.25, -0.2) is 9.18 Å². The zero-order valence-electron chi connectivity index (χ0n) is 10.5. The molecule has 0 saturated carbocycles. The van der Waals surface area contributed by atoms with E-state index in [1.165, 1.54) is 0 Å². The van der Waals surface area contributed by atoms with Crippen molar-refractivity contribution in [2.24, 2.45) is 0 Å². The van der Waals surface area contributed by atoms with Gasteiger partial charge in [0.1, 0.15) is 24.8 Å². The molecule has 0 amide bonds. The van der Waals surface area contributed by atoms with E-state index in [9.17, 15) is 9.18 Å². The summed E-state index contributed by atoms with van der Waals surface area (Å²) in [5.41, 5.74) is 0.414. The molecular formula is C15H12FIO3. The fraction of sp³-hybridized carbons (Fsp3) is 0.133. The van der Waals surface area contributed by atoms with E-state index in [1.54, 1.807) is 36.4 Å². The minimum absolute atomic E-state index is 0.00596. The number of para-hydroxylation sites is 1. The maximum atomic E-state index is 12.0. The standard InChI is InChI=1S/C15H12FIO3/c16-9-10-19-12-7-5-11(6-8-12)15(18)20-14-4-2-1-3-13(14)17/h1-8H,9-10H2. The van der Waals surface area contributed by atoms with Gasteiger partial charge in [0.2, 0.25) is 0 Å². The lowest BCUT2D eigenvalue weighted by molar-refractivity contribution is 0.0733. The van der Waals surface area contributed by atoms with Crippen LogP contribution in [0.2, 0.25) is 0 Å². The van der Waals surface area contributed by atoms with Gasteiger partial charge in [0.25, 0.3) is 0 Å². The molecule has 0 aliphatic heterocycles. The summed E-state index contributed by atoms with van der Waals surface area (Å²) in [6, 6.07) is 13.7. The summed E-state index contributed by atoms with van der Waals surface area (Å²) in [6.07, 6.45) is 0. The number of ether oxygens (including phenoxy) is 2. The Morgan fingerprint density at radius 2 is 1.80 bits per heavy atom. The molecule has 2 rings (SSSR count). The molecule has 0 bridgehead atoms. The number of rotatable bonds is 5. The zero-order valence-corrected chi connectivity index (χ0v) is 12.7. The topological polar surface area (TPSA) is 35.5 Å². The molecule has 104 valence electrons. The third-order valence-electron chi connectivity index (χ3n) is 2.48. The molecule has 0 radical (unpaired) electrons. The quantitative estimate of drug-likeness (QED) is 0.445. The predicted molar refractivity (Wildman–Crippen MR) is 82.0 cm³/mol. The number of carbonyl (C=O) groups is 1. The van der Waals surface area contributed by atoms with E-state index < -0.39 is 12.6 Å². The van der Waals surface area contributed by atoms with E-state index in [4.69, 9.17) is 9.47 Å². The lowest BCUT2D eigenvalue weighted by atomic mass is 10.2. The molecule has 0 N–H and O–H groups in total. The molecule has 0 unspecified atom stereocenters. The van der Waals surface area contributed by atoms with Crippen molar-refractivity contribution in [3.05, 3.63) is 57.7 Å². The van der Waals surface area contributed by atoms with Crippen molar-refractivity contribution in [3.63, 3.8) is 0 Å². The summed E-state index contributed by atoms with van der Waals surface area (Å²) in [7, 11) is 0. The van der Waals surface area contributed by atoms with Crippen molar-refractivity contribution in [3.8, 4) is 11.5 Å². The van der Waals surface area contributed by atoms with Crippen LogP contribution in [0.4, 0.5) is 4.39 Å². The van der Waals surface area contributed by atoms with Gasteiger partial charge in [0.15, 0.2) is 0 Å². The second kappa shape index (κ2) is 7.23. The van der Waals surface area contributed by atoms with Crippen LogP contribution >= 0.6 is 22.6 Å². The van der Waals surface area contributed by atoms with Crippen molar-refractivity contribution in [2.45, 2.75) is 0 Å². The van der Waals surface area contributed by atoms with Gasteiger partial charge in [-0.05, 0) is 59.0 Å². The van der Waals surface area contributed by atoms with Crippen molar-refractivity contribution < 1.29 is 18.7 Å². The first-order chi connectivity index (χ1) is 9.70. The number of benzene rings is 2. The van der Waals surface area contributed by atoms with E-state index >= 15 is 0 Å². The van der Waals surface area contributed by atoms with Crippen molar-refractivity contribution in [2.75, 3.05) is 13.3 Å². The Balaban J connectivity index is 2.04. The van der Waals surface area contributed by atoms with Gasteiger partial charge in [-0.3, -0.25) is 0 Å². The van der Waals surface area contributed by atoms with E-state index in [-0.39, 0.29) is 6.61 Å². The zero-order chi connectivity index (χ0) is 14.4. The maximum Gasteiger partial charge on any atom is 0.343 e. The number of hydrogen-bond donors (Lipinski definition) is 0. The number of esters is 1. The first-order valence-corrected chi connectivity index (χ1v) is 7.04. The molecule has 2 aromatic carbocycles. The van der Waals surface area contributed by atoms with Crippen LogP contribution in [0.3, 0.4) is 0 Å². The maximum absolute atomic E-state index is 12.0. The van der Waals surface area contributed by atoms with Crippen LogP contribution in [0.5, 0.6) is 11.5 Å². The summed E-state index contributed by atoms with van der Waals surface area (Å²) in [4.78, 5) is 12.0. The highest BCUT2D eigenvalue weighted by Crippen LogP contribution is 2.21. The Hall–Kier alpha value is -1.63. The fourth-order valence-electron chi connectivity index (χ4n) is 1.53. The molecule has 20 heavy (non-hydrogen) atoms. The van der Waals surface area contributed by atoms with Gasteiger partial charge < -0.3 is 9.47 Å². The Labute approximate surface area is 129 Å². The Morgan fingerprint density at radius 3 is 2.45 bits per heavy atom. The molecule has 3 nitrogen and oxygen atoms in total. The minimum Gasteiger partial charge on any atom is -0.491 e. The smallest absolute Gasteiger partial charge is 0.343 e. The Morgan fingerprint density at radius 1 is 1.10 bits per heavy atom. The van der Waals surface area contributed by atoms with Gasteiger partial charge in [0.05, 0.1) is 9.13 Å². The highest BCUT2D eigenvalue weighted by molar-refractivity contribution is 14.1. The number of alkyl halides is 1. The van der Waals surface area contributed by atoms with Crippen LogP contribution in [-0.4, -0.2) is 19.3 Å². The summed E-state index contributed by atoms with van der Waals surface area (Å²) in [5.74, 6) is 0.607. The first kappa shape index (κ1) is 14.8. The molecular weight excluding hydrogens is 374 g/mol. The Kier molecular flexibility index (Phi) is 5.34. The lowest BCUT2D eigenvalue weighted by Crippen LogP contribution is -2.09. The molecule has 0 aliphatic carbocycles.